The molecule has 14 heteroatoms. The summed E-state index contributed by atoms with van der Waals surface area (Å²) in [5, 5.41) is 0.0724. The Hall–Kier alpha value is -0.498. The van der Waals surface area contributed by atoms with E-state index in [4.69, 9.17) is 39.0 Å². The third-order valence-corrected chi connectivity index (χ3v) is 13.2. The summed E-state index contributed by atoms with van der Waals surface area (Å²) < 4.78 is 58.4. The van der Waals surface area contributed by atoms with Gasteiger partial charge < -0.3 is 4.42 Å². The number of hydrogen-bond donors (Lipinski definition) is 0. The van der Waals surface area contributed by atoms with Crippen LogP contribution in [0.3, 0.4) is 0 Å². The topological polar surface area (TPSA) is 106 Å². The van der Waals surface area contributed by atoms with Crippen LogP contribution in [0.15, 0.2) is 22.8 Å². The summed E-state index contributed by atoms with van der Waals surface area (Å²) in [5.74, 6) is 0.189. The van der Waals surface area contributed by atoms with Crippen molar-refractivity contribution in [1.29, 1.82) is 0 Å². The fraction of sp³-hybridized carbons (Fsp3) is 0.800. The molecule has 220 valence electrons. The minimum atomic E-state index is -3.61. The number of ether oxygens (including phenoxy) is 2. The zero-order chi connectivity index (χ0) is 28.8. The van der Waals surface area contributed by atoms with Crippen LogP contribution in [-0.4, -0.2) is 65.8 Å². The van der Waals surface area contributed by atoms with Crippen molar-refractivity contribution < 1.29 is 35.6 Å². The zero-order valence-electron chi connectivity index (χ0n) is 23.9. The molecular weight excluding hydrogens is 576 g/mol. The van der Waals surface area contributed by atoms with Crippen molar-refractivity contribution in [3.05, 3.63) is 30.0 Å². The molecule has 0 bridgehead atoms. The summed E-state index contributed by atoms with van der Waals surface area (Å²) in [6, 6.07) is 0. The standard InChI is InChI=1S/C25H43BNO8PS2Si/c1-17-10-18(8-9-31-26-36-37)33-19(11-17)12-20-13-21(35-39(6,7)25(2,3)4)14-23(34-20)22-15-30-24(27-22)16-32-38(5,28)29/h15,18-21,23,36H,1,8-14,16H2,2-7H3/t18-,19+,20+,21+,23+/m0/s1. The van der Waals surface area contributed by atoms with Crippen LogP contribution in [0.4, 0.5) is 0 Å². The Morgan fingerprint density at radius 3 is 2.59 bits per heavy atom. The van der Waals surface area contributed by atoms with E-state index in [1.165, 1.54) is 11.8 Å². The molecule has 2 fully saturated rings. The number of nitrogens with zero attached hydrogens (tertiary/aromatic N) is 1. The summed E-state index contributed by atoms with van der Waals surface area (Å²) in [4.78, 5) is 4.48. The van der Waals surface area contributed by atoms with Gasteiger partial charge in [-0.15, -0.1) is 0 Å². The molecule has 0 N–H and O–H groups in total. The molecule has 0 radical (unpaired) electrons. The van der Waals surface area contributed by atoms with E-state index >= 15 is 0 Å². The van der Waals surface area contributed by atoms with Crippen molar-refractivity contribution in [3.8, 4) is 0 Å². The van der Waals surface area contributed by atoms with E-state index in [0.29, 0.717) is 25.1 Å². The molecule has 2 saturated heterocycles. The fourth-order valence-corrected chi connectivity index (χ4v) is 6.77. The van der Waals surface area contributed by atoms with Gasteiger partial charge in [-0.2, -0.15) is 8.42 Å². The van der Waals surface area contributed by atoms with Gasteiger partial charge in [-0.05, 0) is 18.1 Å². The molecule has 0 spiro atoms. The normalized spacial score (nSPS) is 27.0. The van der Waals surface area contributed by atoms with Crippen molar-refractivity contribution >= 4 is 43.9 Å². The second-order valence-electron chi connectivity index (χ2n) is 12.0. The van der Waals surface area contributed by atoms with Gasteiger partial charge in [-0.1, -0.05) is 20.8 Å². The first-order valence-electron chi connectivity index (χ1n) is 13.4. The molecule has 2 aliphatic heterocycles. The molecule has 2 aliphatic rings. The predicted octanol–water partition coefficient (Wildman–Crippen LogP) is 5.34. The molecule has 3 rings (SSSR count). The van der Waals surface area contributed by atoms with E-state index in [-0.39, 0.29) is 54.9 Å². The van der Waals surface area contributed by atoms with Crippen LogP contribution in [0.1, 0.15) is 77.0 Å². The second kappa shape index (κ2) is 14.1. The molecule has 1 aromatic heterocycles. The van der Waals surface area contributed by atoms with Gasteiger partial charge in [0.25, 0.3) is 10.1 Å². The summed E-state index contributed by atoms with van der Waals surface area (Å²) in [7, 11) is -5.64. The molecule has 0 saturated carbocycles. The van der Waals surface area contributed by atoms with Crippen molar-refractivity contribution in [2.24, 2.45) is 0 Å². The van der Waals surface area contributed by atoms with Gasteiger partial charge >= 0.3 is 157 Å². The third kappa shape index (κ3) is 10.7. The summed E-state index contributed by atoms with van der Waals surface area (Å²) in [6.45, 7) is 17.7. The molecule has 0 aliphatic carbocycles. The van der Waals surface area contributed by atoms with Gasteiger partial charge in [0, 0.05) is 0 Å². The Kier molecular flexibility index (Phi) is 11.9. The monoisotopic (exact) mass is 619 g/mol. The van der Waals surface area contributed by atoms with Crippen molar-refractivity contribution in [2.45, 2.75) is 115 Å². The average molecular weight is 620 g/mol. The maximum atomic E-state index is 11.4. The van der Waals surface area contributed by atoms with Crippen LogP contribution in [0.25, 0.3) is 0 Å². The van der Waals surface area contributed by atoms with Gasteiger partial charge in [0.05, 0.1) is 6.26 Å². The second-order valence-corrected chi connectivity index (χ2v) is 19.6. The van der Waals surface area contributed by atoms with Gasteiger partial charge in [0.2, 0.25) is 5.89 Å². The minimum absolute atomic E-state index is 0.00522. The number of oxazole rings is 1. The van der Waals surface area contributed by atoms with Gasteiger partial charge in [0.1, 0.15) is 6.61 Å². The fourth-order valence-electron chi connectivity index (χ4n) is 4.69. The van der Waals surface area contributed by atoms with E-state index < -0.39 is 18.4 Å². The SMILES string of the molecule is C=C1C[C@H](C[C@@H]2C[C@@H](O[Si](C)(C)C(C)(C)C)C[C@H](c3coc(COS(C)(=O)=O)n3)O2)O[C@@H](CCOB=[PH]=S)C1. The van der Waals surface area contributed by atoms with E-state index in [1.54, 1.807) is 6.82 Å². The van der Waals surface area contributed by atoms with Crippen molar-refractivity contribution in [1.82, 2.24) is 4.98 Å². The first-order chi connectivity index (χ1) is 18.1. The number of hydrogen-bond acceptors (Lipinski definition) is 10. The average Bonchev–Trinajstić information content (AvgIpc) is 3.28. The number of aromatic nitrogens is 1. The van der Waals surface area contributed by atoms with Crippen molar-refractivity contribution in [2.75, 3.05) is 12.9 Å². The van der Waals surface area contributed by atoms with E-state index in [2.05, 4.69) is 45.4 Å². The Morgan fingerprint density at radius 2 is 1.92 bits per heavy atom. The van der Waals surface area contributed by atoms with Crippen LogP contribution in [0.5, 0.6) is 0 Å². The first-order valence-corrected chi connectivity index (χ1v) is 20.3. The molecule has 1 unspecified atom stereocenters. The van der Waals surface area contributed by atoms with E-state index in [1.807, 2.05) is 0 Å². The van der Waals surface area contributed by atoms with Gasteiger partial charge in [-0.3, -0.25) is 4.18 Å². The molecule has 0 aromatic carbocycles. The molecule has 9 nitrogen and oxygen atoms in total. The Balaban J connectivity index is 1.72. The van der Waals surface area contributed by atoms with Crippen LogP contribution < -0.4 is 0 Å². The van der Waals surface area contributed by atoms with Crippen molar-refractivity contribution in [3.63, 3.8) is 0 Å². The summed E-state index contributed by atoms with van der Waals surface area (Å²) in [5.41, 5.74) is 1.79. The third-order valence-electron chi connectivity index (χ3n) is 7.56. The Labute approximate surface area is 241 Å². The maximum absolute atomic E-state index is 11.4. The molecule has 1 aromatic rings. The summed E-state index contributed by atoms with van der Waals surface area (Å²) in [6.07, 6.45) is 6.64. The molecule has 6 atom stereocenters. The van der Waals surface area contributed by atoms with E-state index in [9.17, 15) is 8.42 Å². The number of rotatable bonds is 12. The molecular formula is C25H43BNO8PS2Si. The predicted molar refractivity (Wildman–Crippen MR) is 159 cm³/mol. The van der Waals surface area contributed by atoms with Crippen LogP contribution in [0.2, 0.25) is 18.1 Å². The van der Waals surface area contributed by atoms with Gasteiger partial charge in [0.15, 0.2) is 0 Å². The van der Waals surface area contributed by atoms with Gasteiger partial charge in [-0.25, -0.2) is 0 Å². The van der Waals surface area contributed by atoms with E-state index in [0.717, 1.165) is 31.9 Å². The molecule has 3 heterocycles. The van der Waals surface area contributed by atoms with Crippen LogP contribution in [0, 0.1) is 0 Å². The molecule has 39 heavy (non-hydrogen) atoms. The van der Waals surface area contributed by atoms with Crippen LogP contribution in [-0.2, 0) is 51.3 Å². The Morgan fingerprint density at radius 1 is 1.21 bits per heavy atom. The molecule has 0 amide bonds. The Bertz CT molecular complexity index is 1140. The quantitative estimate of drug-likeness (QED) is 0.100. The zero-order valence-corrected chi connectivity index (χ0v) is 27.6. The summed E-state index contributed by atoms with van der Waals surface area (Å²) >= 11 is 4.93. The first kappa shape index (κ1) is 33.0. The van der Waals surface area contributed by atoms with Crippen LogP contribution >= 0.6 is 6.85 Å².